The number of hydrogen-bond donors (Lipinski definition) is 1. The van der Waals surface area contributed by atoms with Crippen LogP contribution < -0.4 is 5.32 Å². The molecular formula is C19H16N6OS. The Morgan fingerprint density at radius 1 is 1.07 bits per heavy atom. The highest BCUT2D eigenvalue weighted by Crippen LogP contribution is 2.21. The molecule has 0 bridgehead atoms. The third-order valence-corrected chi connectivity index (χ3v) is 4.87. The zero-order valence-electron chi connectivity index (χ0n) is 14.5. The maximum Gasteiger partial charge on any atom is 0.234 e. The Kier molecular flexibility index (Phi) is 4.80. The molecule has 4 aromatic rings. The molecule has 7 nitrogen and oxygen atoms in total. The largest absolute Gasteiger partial charge is 0.325 e. The normalized spacial score (nSPS) is 10.9. The van der Waals surface area contributed by atoms with Crippen LogP contribution in [0.15, 0.2) is 66.0 Å². The Hall–Kier alpha value is -3.26. The van der Waals surface area contributed by atoms with Crippen LogP contribution in [0.25, 0.3) is 17.0 Å². The van der Waals surface area contributed by atoms with E-state index >= 15 is 0 Å². The third kappa shape index (κ3) is 3.80. The van der Waals surface area contributed by atoms with E-state index in [1.807, 2.05) is 55.5 Å². The second-order valence-electron chi connectivity index (χ2n) is 5.85. The summed E-state index contributed by atoms with van der Waals surface area (Å²) in [5, 5.41) is 16.5. The number of aryl methyl sites for hydroxylation is 1. The Morgan fingerprint density at radius 2 is 1.89 bits per heavy atom. The van der Waals surface area contributed by atoms with Crippen molar-refractivity contribution in [2.75, 3.05) is 11.1 Å². The van der Waals surface area contributed by atoms with Gasteiger partial charge in [0.1, 0.15) is 5.03 Å². The standard InChI is InChI=1S/C19H16N6OS/c1-13-4-2-3-5-15(13)21-17(26)12-27-18-7-6-16-22-23-19(25(16)24-18)14-8-10-20-11-9-14/h2-11H,12H2,1H3,(H,21,26). The maximum atomic E-state index is 12.2. The van der Waals surface area contributed by atoms with Crippen LogP contribution in [0.3, 0.4) is 0 Å². The van der Waals surface area contributed by atoms with Gasteiger partial charge in [-0.1, -0.05) is 30.0 Å². The molecule has 27 heavy (non-hydrogen) atoms. The number of thioether (sulfide) groups is 1. The van der Waals surface area contributed by atoms with E-state index in [0.29, 0.717) is 11.5 Å². The Morgan fingerprint density at radius 3 is 2.70 bits per heavy atom. The van der Waals surface area contributed by atoms with Crippen LogP contribution in [0, 0.1) is 6.92 Å². The molecule has 0 saturated heterocycles. The number of para-hydroxylation sites is 1. The molecule has 0 aliphatic carbocycles. The molecular weight excluding hydrogens is 360 g/mol. The minimum absolute atomic E-state index is 0.0747. The van der Waals surface area contributed by atoms with Crippen molar-refractivity contribution < 1.29 is 4.79 Å². The quantitative estimate of drug-likeness (QED) is 0.538. The number of nitrogens with zero attached hydrogens (tertiary/aromatic N) is 5. The molecule has 134 valence electrons. The summed E-state index contributed by atoms with van der Waals surface area (Å²) < 4.78 is 1.68. The van der Waals surface area contributed by atoms with E-state index in [0.717, 1.165) is 21.8 Å². The molecule has 0 atom stereocenters. The van der Waals surface area contributed by atoms with Crippen LogP contribution in [0.5, 0.6) is 0 Å². The van der Waals surface area contributed by atoms with E-state index in [-0.39, 0.29) is 11.7 Å². The molecule has 0 fully saturated rings. The lowest BCUT2D eigenvalue weighted by Crippen LogP contribution is -2.15. The molecule has 3 aromatic heterocycles. The lowest BCUT2D eigenvalue weighted by Gasteiger charge is -2.07. The molecule has 1 N–H and O–H groups in total. The number of nitrogens with one attached hydrogen (secondary N) is 1. The number of aromatic nitrogens is 5. The summed E-state index contributed by atoms with van der Waals surface area (Å²) in [7, 11) is 0. The highest BCUT2D eigenvalue weighted by molar-refractivity contribution is 7.99. The summed E-state index contributed by atoms with van der Waals surface area (Å²) in [6, 6.07) is 15.1. The molecule has 0 aliphatic heterocycles. The maximum absolute atomic E-state index is 12.2. The summed E-state index contributed by atoms with van der Waals surface area (Å²) in [6.45, 7) is 1.96. The summed E-state index contributed by atoms with van der Waals surface area (Å²) in [6.07, 6.45) is 3.40. The van der Waals surface area contributed by atoms with Gasteiger partial charge in [0.2, 0.25) is 5.91 Å². The second kappa shape index (κ2) is 7.55. The van der Waals surface area contributed by atoms with Crippen molar-refractivity contribution in [3.8, 4) is 11.4 Å². The highest BCUT2D eigenvalue weighted by atomic mass is 32.2. The molecule has 8 heteroatoms. The molecule has 1 amide bonds. The molecule has 3 heterocycles. The number of hydrogen-bond acceptors (Lipinski definition) is 6. The van der Waals surface area contributed by atoms with Crippen LogP contribution >= 0.6 is 11.8 Å². The summed E-state index contributed by atoms with van der Waals surface area (Å²) in [4.78, 5) is 16.3. The van der Waals surface area contributed by atoms with Crippen LogP contribution in [-0.4, -0.2) is 36.5 Å². The van der Waals surface area contributed by atoms with Crippen molar-refractivity contribution in [2.45, 2.75) is 11.9 Å². The number of carbonyl (C=O) groups is 1. The average Bonchev–Trinajstić information content (AvgIpc) is 3.12. The molecule has 0 saturated carbocycles. The number of pyridine rings is 1. The first-order valence-corrected chi connectivity index (χ1v) is 9.30. The monoisotopic (exact) mass is 376 g/mol. The van der Waals surface area contributed by atoms with Gasteiger partial charge in [-0.2, -0.15) is 9.61 Å². The first kappa shape index (κ1) is 17.2. The van der Waals surface area contributed by atoms with Gasteiger partial charge < -0.3 is 5.32 Å². The van der Waals surface area contributed by atoms with Crippen LogP contribution in [0.4, 0.5) is 5.69 Å². The zero-order valence-corrected chi connectivity index (χ0v) is 15.3. The highest BCUT2D eigenvalue weighted by Gasteiger charge is 2.11. The fraction of sp³-hybridized carbons (Fsp3) is 0.105. The van der Waals surface area contributed by atoms with E-state index < -0.39 is 0 Å². The van der Waals surface area contributed by atoms with Crippen molar-refractivity contribution in [1.82, 2.24) is 24.8 Å². The van der Waals surface area contributed by atoms with Gasteiger partial charge in [0.15, 0.2) is 11.5 Å². The number of amides is 1. The first-order valence-electron chi connectivity index (χ1n) is 8.32. The average molecular weight is 376 g/mol. The van der Waals surface area contributed by atoms with Crippen molar-refractivity contribution >= 4 is 29.0 Å². The Bertz CT molecular complexity index is 1100. The number of fused-ring (bicyclic) bond motifs is 1. The van der Waals surface area contributed by atoms with Gasteiger partial charge in [-0.05, 0) is 42.8 Å². The molecule has 0 unspecified atom stereocenters. The lowest BCUT2D eigenvalue weighted by molar-refractivity contribution is -0.113. The summed E-state index contributed by atoms with van der Waals surface area (Å²) in [5.41, 5.74) is 3.38. The van der Waals surface area contributed by atoms with E-state index in [1.165, 1.54) is 11.8 Å². The van der Waals surface area contributed by atoms with E-state index in [4.69, 9.17) is 0 Å². The predicted molar refractivity (Wildman–Crippen MR) is 105 cm³/mol. The number of rotatable bonds is 5. The van der Waals surface area contributed by atoms with Crippen LogP contribution in [0.1, 0.15) is 5.56 Å². The topological polar surface area (TPSA) is 85.1 Å². The third-order valence-electron chi connectivity index (χ3n) is 3.95. The van der Waals surface area contributed by atoms with Gasteiger partial charge >= 0.3 is 0 Å². The van der Waals surface area contributed by atoms with Gasteiger partial charge in [0, 0.05) is 23.6 Å². The van der Waals surface area contributed by atoms with E-state index in [2.05, 4.69) is 25.6 Å². The van der Waals surface area contributed by atoms with Crippen molar-refractivity contribution in [1.29, 1.82) is 0 Å². The van der Waals surface area contributed by atoms with Gasteiger partial charge in [-0.25, -0.2) is 0 Å². The fourth-order valence-corrected chi connectivity index (χ4v) is 3.22. The van der Waals surface area contributed by atoms with Gasteiger partial charge in [0.05, 0.1) is 5.75 Å². The van der Waals surface area contributed by atoms with Crippen LogP contribution in [-0.2, 0) is 4.79 Å². The molecule has 4 rings (SSSR count). The Balaban J connectivity index is 1.49. The first-order chi connectivity index (χ1) is 13.2. The van der Waals surface area contributed by atoms with E-state index in [1.54, 1.807) is 16.9 Å². The summed E-state index contributed by atoms with van der Waals surface area (Å²) >= 11 is 1.36. The molecule has 1 aromatic carbocycles. The number of benzene rings is 1. The minimum atomic E-state index is -0.0747. The smallest absolute Gasteiger partial charge is 0.234 e. The fourth-order valence-electron chi connectivity index (χ4n) is 2.57. The zero-order chi connectivity index (χ0) is 18.6. The van der Waals surface area contributed by atoms with Gasteiger partial charge in [-0.3, -0.25) is 9.78 Å². The van der Waals surface area contributed by atoms with Gasteiger partial charge in [0.25, 0.3) is 0 Å². The van der Waals surface area contributed by atoms with Gasteiger partial charge in [-0.15, -0.1) is 10.2 Å². The van der Waals surface area contributed by atoms with E-state index in [9.17, 15) is 4.79 Å². The molecule has 0 radical (unpaired) electrons. The lowest BCUT2D eigenvalue weighted by atomic mass is 10.2. The Labute approximate surface area is 159 Å². The SMILES string of the molecule is Cc1ccccc1NC(=O)CSc1ccc2nnc(-c3ccncc3)n2n1. The van der Waals surface area contributed by atoms with Crippen molar-refractivity contribution in [2.24, 2.45) is 0 Å². The van der Waals surface area contributed by atoms with Crippen LogP contribution in [0.2, 0.25) is 0 Å². The minimum Gasteiger partial charge on any atom is -0.325 e. The predicted octanol–water partition coefficient (Wildman–Crippen LogP) is 3.23. The molecule has 0 aliphatic rings. The molecule has 0 spiro atoms. The number of carbonyl (C=O) groups excluding carboxylic acids is 1. The second-order valence-corrected chi connectivity index (χ2v) is 6.85. The van der Waals surface area contributed by atoms with Crippen molar-refractivity contribution in [3.05, 3.63) is 66.5 Å². The van der Waals surface area contributed by atoms with Crippen molar-refractivity contribution in [3.63, 3.8) is 0 Å². The summed E-state index contributed by atoms with van der Waals surface area (Å²) in [5.74, 6) is 0.827. The number of anilines is 1.